The molecule has 1 saturated heterocycles. The van der Waals surface area contributed by atoms with Gasteiger partial charge in [0.1, 0.15) is 23.2 Å². The zero-order valence-electron chi connectivity index (χ0n) is 20.4. The summed E-state index contributed by atoms with van der Waals surface area (Å²) in [6, 6.07) is 8.68. The molecular weight excluding hydrogens is 469 g/mol. The smallest absolute Gasteiger partial charge is 0.313 e. The molecular formula is C28H29F3N2O3. The van der Waals surface area contributed by atoms with Gasteiger partial charge in [-0.3, -0.25) is 14.7 Å². The van der Waals surface area contributed by atoms with Crippen LogP contribution in [0.3, 0.4) is 0 Å². The van der Waals surface area contributed by atoms with Crippen LogP contribution < -0.4 is 4.74 Å². The Kier molecular flexibility index (Phi) is 7.94. The largest absolute Gasteiger partial charge is 0.497 e. The molecule has 0 bridgehead atoms. The maximum Gasteiger partial charge on any atom is 0.313 e. The van der Waals surface area contributed by atoms with E-state index < -0.39 is 17.0 Å². The number of halogens is 3. The number of methoxy groups -OCH3 is 2. The lowest BCUT2D eigenvalue weighted by Gasteiger charge is -2.26. The van der Waals surface area contributed by atoms with Gasteiger partial charge in [-0.2, -0.15) is 0 Å². The molecule has 0 amide bonds. The minimum atomic E-state index is -0.705. The van der Waals surface area contributed by atoms with Gasteiger partial charge in [0, 0.05) is 24.0 Å². The first-order chi connectivity index (χ1) is 17.3. The first-order valence-electron chi connectivity index (χ1n) is 11.9. The molecule has 1 aromatic heterocycles. The predicted molar refractivity (Wildman–Crippen MR) is 132 cm³/mol. The van der Waals surface area contributed by atoms with E-state index in [4.69, 9.17) is 9.47 Å². The highest BCUT2D eigenvalue weighted by Gasteiger charge is 2.44. The number of carbonyl (C=O) groups excluding carboxylic acids is 1. The van der Waals surface area contributed by atoms with Crippen molar-refractivity contribution in [2.75, 3.05) is 33.9 Å². The van der Waals surface area contributed by atoms with Crippen molar-refractivity contribution < 1.29 is 27.4 Å². The summed E-state index contributed by atoms with van der Waals surface area (Å²) in [6.07, 6.45) is 6.70. The molecule has 2 heterocycles. The lowest BCUT2D eigenvalue weighted by atomic mass is 9.81. The Morgan fingerprint density at radius 3 is 2.75 bits per heavy atom. The Hall–Kier alpha value is -3.39. The van der Waals surface area contributed by atoms with Gasteiger partial charge in [-0.05, 0) is 74.2 Å². The van der Waals surface area contributed by atoms with Crippen molar-refractivity contribution >= 4 is 22.9 Å². The van der Waals surface area contributed by atoms with Crippen LogP contribution in [0.15, 0.2) is 48.7 Å². The molecule has 0 saturated carbocycles. The minimum absolute atomic E-state index is 0.177. The third kappa shape index (κ3) is 5.54. The monoisotopic (exact) mass is 498 g/mol. The third-order valence-corrected chi connectivity index (χ3v) is 6.89. The number of nitrogens with zero attached hydrogens (tertiary/aromatic N) is 2. The fourth-order valence-corrected chi connectivity index (χ4v) is 4.96. The lowest BCUT2D eigenvalue weighted by molar-refractivity contribution is -0.152. The Labute approximate surface area is 208 Å². The molecule has 0 spiro atoms. The molecule has 1 atom stereocenters. The third-order valence-electron chi connectivity index (χ3n) is 6.89. The summed E-state index contributed by atoms with van der Waals surface area (Å²) in [7, 11) is 2.94. The molecule has 0 radical (unpaired) electrons. The van der Waals surface area contributed by atoms with Gasteiger partial charge in [-0.1, -0.05) is 12.2 Å². The molecule has 1 aliphatic heterocycles. The SMILES string of the molecule is COC(=O)C1(CCCc2c(F)cnc3ccc(OC)cc23)CCN(CC=Cc2cc(F)ccc2F)C1. The van der Waals surface area contributed by atoms with E-state index in [1.165, 1.54) is 13.3 Å². The summed E-state index contributed by atoms with van der Waals surface area (Å²) in [4.78, 5) is 19.1. The molecule has 1 aliphatic rings. The maximum absolute atomic E-state index is 14.7. The van der Waals surface area contributed by atoms with Gasteiger partial charge in [0.15, 0.2) is 0 Å². The molecule has 0 N–H and O–H groups in total. The van der Waals surface area contributed by atoms with Gasteiger partial charge in [0.2, 0.25) is 0 Å². The highest BCUT2D eigenvalue weighted by Crippen LogP contribution is 2.37. The fourth-order valence-electron chi connectivity index (χ4n) is 4.96. The van der Waals surface area contributed by atoms with Crippen molar-refractivity contribution in [1.82, 2.24) is 9.88 Å². The fraction of sp³-hybridized carbons (Fsp3) is 0.357. The standard InChI is InChI=1S/C28H29F3N2O3/c1-35-21-8-10-26-23(16-21)22(25(31)17-32-26)6-3-11-28(27(34)36-2)12-14-33(18-28)13-4-5-19-15-20(29)7-9-24(19)30/h4-5,7-10,15-17H,3,6,11-14,18H2,1-2H3. The van der Waals surface area contributed by atoms with E-state index in [1.54, 1.807) is 37.5 Å². The number of benzene rings is 2. The number of ether oxygens (including phenoxy) is 2. The number of hydrogen-bond donors (Lipinski definition) is 0. The molecule has 3 aromatic rings. The zero-order chi connectivity index (χ0) is 25.7. The summed E-state index contributed by atoms with van der Waals surface area (Å²) in [5.74, 6) is -1.04. The van der Waals surface area contributed by atoms with Crippen LogP contribution in [0.1, 0.15) is 30.4 Å². The second-order valence-electron chi connectivity index (χ2n) is 9.15. The Morgan fingerprint density at radius 2 is 1.97 bits per heavy atom. The number of carbonyl (C=O) groups is 1. The molecule has 1 unspecified atom stereocenters. The van der Waals surface area contributed by atoms with E-state index >= 15 is 0 Å². The van der Waals surface area contributed by atoms with Gasteiger partial charge >= 0.3 is 5.97 Å². The average Bonchev–Trinajstić information content (AvgIpc) is 3.30. The van der Waals surface area contributed by atoms with Crippen molar-refractivity contribution in [3.63, 3.8) is 0 Å². The summed E-state index contributed by atoms with van der Waals surface area (Å²) in [5.41, 5.74) is 0.706. The molecule has 36 heavy (non-hydrogen) atoms. The van der Waals surface area contributed by atoms with E-state index in [0.717, 1.165) is 18.2 Å². The number of aromatic nitrogens is 1. The molecule has 4 rings (SSSR count). The van der Waals surface area contributed by atoms with E-state index in [1.807, 2.05) is 0 Å². The topological polar surface area (TPSA) is 51.7 Å². The van der Waals surface area contributed by atoms with Crippen LogP contribution in [0.25, 0.3) is 17.0 Å². The number of likely N-dealkylation sites (tertiary alicyclic amines) is 1. The summed E-state index contributed by atoms with van der Waals surface area (Å²) in [6.45, 7) is 1.62. The van der Waals surface area contributed by atoms with Crippen LogP contribution >= 0.6 is 0 Å². The van der Waals surface area contributed by atoms with Gasteiger partial charge in [0.05, 0.1) is 31.3 Å². The highest BCUT2D eigenvalue weighted by atomic mass is 19.1. The molecule has 2 aromatic carbocycles. The Morgan fingerprint density at radius 1 is 1.14 bits per heavy atom. The van der Waals surface area contributed by atoms with Crippen LogP contribution in [0.2, 0.25) is 0 Å². The normalized spacial score (nSPS) is 18.2. The first-order valence-corrected chi connectivity index (χ1v) is 11.9. The number of rotatable bonds is 9. The minimum Gasteiger partial charge on any atom is -0.497 e. The van der Waals surface area contributed by atoms with E-state index in [9.17, 15) is 18.0 Å². The van der Waals surface area contributed by atoms with E-state index in [0.29, 0.717) is 67.5 Å². The van der Waals surface area contributed by atoms with Gasteiger partial charge in [-0.25, -0.2) is 13.2 Å². The number of pyridine rings is 1. The van der Waals surface area contributed by atoms with Crippen molar-refractivity contribution in [3.8, 4) is 5.75 Å². The van der Waals surface area contributed by atoms with Crippen LogP contribution in [0.4, 0.5) is 13.2 Å². The molecule has 1 fully saturated rings. The lowest BCUT2D eigenvalue weighted by Crippen LogP contribution is -2.36. The molecule has 5 nitrogen and oxygen atoms in total. The Bertz CT molecular complexity index is 1280. The second-order valence-corrected chi connectivity index (χ2v) is 9.15. The van der Waals surface area contributed by atoms with Gasteiger partial charge < -0.3 is 9.47 Å². The number of hydrogen-bond acceptors (Lipinski definition) is 5. The summed E-state index contributed by atoms with van der Waals surface area (Å²) < 4.78 is 52.4. The van der Waals surface area contributed by atoms with E-state index in [-0.39, 0.29) is 17.3 Å². The zero-order valence-corrected chi connectivity index (χ0v) is 20.4. The second kappa shape index (κ2) is 11.1. The summed E-state index contributed by atoms with van der Waals surface area (Å²) >= 11 is 0. The van der Waals surface area contributed by atoms with Crippen molar-refractivity contribution in [2.45, 2.75) is 25.7 Å². The maximum atomic E-state index is 14.7. The molecule has 0 aliphatic carbocycles. The first kappa shape index (κ1) is 25.7. The number of aryl methyl sites for hydroxylation is 1. The molecule has 190 valence electrons. The number of fused-ring (bicyclic) bond motifs is 1. The van der Waals surface area contributed by atoms with Crippen molar-refractivity contribution in [3.05, 3.63) is 77.2 Å². The number of esters is 1. The van der Waals surface area contributed by atoms with E-state index in [2.05, 4.69) is 9.88 Å². The van der Waals surface area contributed by atoms with Crippen LogP contribution in [-0.2, 0) is 16.0 Å². The average molecular weight is 499 g/mol. The van der Waals surface area contributed by atoms with Crippen molar-refractivity contribution in [1.29, 1.82) is 0 Å². The predicted octanol–water partition coefficient (Wildman–Crippen LogP) is 5.56. The van der Waals surface area contributed by atoms with Gasteiger partial charge in [0.25, 0.3) is 0 Å². The van der Waals surface area contributed by atoms with Crippen molar-refractivity contribution in [2.24, 2.45) is 5.41 Å². The van der Waals surface area contributed by atoms with Crippen LogP contribution in [0, 0.1) is 22.9 Å². The highest BCUT2D eigenvalue weighted by molar-refractivity contribution is 5.83. The summed E-state index contributed by atoms with van der Waals surface area (Å²) in [5, 5.41) is 0.698. The molecule has 8 heteroatoms. The Balaban J connectivity index is 1.44. The quantitative estimate of drug-likeness (QED) is 0.362. The van der Waals surface area contributed by atoms with Crippen LogP contribution in [0.5, 0.6) is 5.75 Å². The van der Waals surface area contributed by atoms with Gasteiger partial charge in [-0.15, -0.1) is 0 Å². The van der Waals surface area contributed by atoms with Crippen LogP contribution in [-0.4, -0.2) is 49.7 Å².